The molecule has 8 nitrogen and oxygen atoms in total. The van der Waals surface area contributed by atoms with E-state index >= 15 is 0 Å². The van der Waals surface area contributed by atoms with E-state index in [1.807, 2.05) is 12.1 Å². The molecule has 3 heterocycles. The Hall–Kier alpha value is -3.72. The monoisotopic (exact) mass is 465 g/mol. The number of fused-ring (bicyclic) bond motifs is 1. The van der Waals surface area contributed by atoms with Gasteiger partial charge in [-0.05, 0) is 49.8 Å². The van der Waals surface area contributed by atoms with Gasteiger partial charge in [0.1, 0.15) is 17.5 Å². The number of esters is 1. The van der Waals surface area contributed by atoms with E-state index in [4.69, 9.17) is 14.2 Å². The first-order chi connectivity index (χ1) is 16.0. The van der Waals surface area contributed by atoms with Gasteiger partial charge in [0.05, 0.1) is 36.6 Å². The number of hydrogen-bond donors (Lipinski definition) is 0. The number of methoxy groups -OCH3 is 2. The van der Waals surface area contributed by atoms with Crippen molar-refractivity contribution in [1.29, 1.82) is 0 Å². The molecule has 33 heavy (non-hydrogen) atoms. The van der Waals surface area contributed by atoms with Crippen LogP contribution in [-0.2, 0) is 9.53 Å². The van der Waals surface area contributed by atoms with Gasteiger partial charge in [-0.3, -0.25) is 14.3 Å². The first kappa shape index (κ1) is 22.5. The van der Waals surface area contributed by atoms with Gasteiger partial charge in [-0.1, -0.05) is 11.3 Å². The molecule has 0 N–H and O–H groups in total. The van der Waals surface area contributed by atoms with Crippen LogP contribution in [0.15, 0.2) is 63.8 Å². The summed E-state index contributed by atoms with van der Waals surface area (Å²) in [5.74, 6) is 0.559. The number of aromatic nitrogens is 2. The number of pyridine rings is 1. The number of ether oxygens (including phenoxy) is 3. The predicted molar refractivity (Wildman–Crippen MR) is 124 cm³/mol. The zero-order chi connectivity index (χ0) is 23.5. The maximum Gasteiger partial charge on any atom is 0.338 e. The van der Waals surface area contributed by atoms with Crippen molar-refractivity contribution in [2.24, 2.45) is 4.99 Å². The van der Waals surface area contributed by atoms with Crippen LogP contribution in [0.4, 0.5) is 0 Å². The molecular weight excluding hydrogens is 442 g/mol. The summed E-state index contributed by atoms with van der Waals surface area (Å²) in [5, 5.41) is 0. The molecule has 1 aliphatic heterocycles. The minimum Gasteiger partial charge on any atom is -0.497 e. The number of thiazole rings is 1. The molecule has 0 aliphatic carbocycles. The van der Waals surface area contributed by atoms with Crippen LogP contribution in [0.5, 0.6) is 11.5 Å². The maximum absolute atomic E-state index is 13.6. The Balaban J connectivity index is 2.00. The first-order valence-electron chi connectivity index (χ1n) is 10.3. The molecule has 4 rings (SSSR count). The van der Waals surface area contributed by atoms with Crippen LogP contribution >= 0.6 is 11.3 Å². The van der Waals surface area contributed by atoms with E-state index in [1.54, 1.807) is 57.6 Å². The lowest BCUT2D eigenvalue weighted by molar-refractivity contribution is -0.139. The van der Waals surface area contributed by atoms with Crippen molar-refractivity contribution in [3.63, 3.8) is 0 Å². The molecule has 0 spiro atoms. The normalized spacial score (nSPS) is 15.6. The van der Waals surface area contributed by atoms with Gasteiger partial charge in [0.25, 0.3) is 5.56 Å². The van der Waals surface area contributed by atoms with Crippen molar-refractivity contribution in [2.45, 2.75) is 19.9 Å². The van der Waals surface area contributed by atoms with Crippen LogP contribution < -0.4 is 24.4 Å². The Morgan fingerprint density at radius 3 is 2.61 bits per heavy atom. The van der Waals surface area contributed by atoms with E-state index in [-0.39, 0.29) is 12.2 Å². The van der Waals surface area contributed by atoms with Gasteiger partial charge in [0, 0.05) is 24.0 Å². The molecule has 3 aromatic rings. The fourth-order valence-electron chi connectivity index (χ4n) is 3.74. The summed E-state index contributed by atoms with van der Waals surface area (Å²) in [7, 11) is 3.09. The molecule has 0 amide bonds. The van der Waals surface area contributed by atoms with Crippen LogP contribution in [0, 0.1) is 0 Å². The Morgan fingerprint density at radius 2 is 1.94 bits per heavy atom. The lowest BCUT2D eigenvalue weighted by Crippen LogP contribution is -2.40. The highest BCUT2D eigenvalue weighted by molar-refractivity contribution is 7.07. The van der Waals surface area contributed by atoms with Crippen molar-refractivity contribution in [1.82, 2.24) is 9.55 Å². The second-order valence-corrected chi connectivity index (χ2v) is 8.20. The van der Waals surface area contributed by atoms with Crippen LogP contribution in [-0.4, -0.2) is 36.3 Å². The van der Waals surface area contributed by atoms with E-state index in [2.05, 4.69) is 9.98 Å². The van der Waals surface area contributed by atoms with Crippen LogP contribution in [0.25, 0.3) is 6.08 Å². The summed E-state index contributed by atoms with van der Waals surface area (Å²) in [6, 6.07) is 8.15. The van der Waals surface area contributed by atoms with Gasteiger partial charge in [-0.2, -0.15) is 0 Å². The highest BCUT2D eigenvalue weighted by Crippen LogP contribution is 2.37. The minimum absolute atomic E-state index is 0.203. The third-order valence-corrected chi connectivity index (χ3v) is 6.24. The van der Waals surface area contributed by atoms with E-state index in [0.717, 1.165) is 5.56 Å². The van der Waals surface area contributed by atoms with Crippen LogP contribution in [0.1, 0.15) is 31.0 Å². The summed E-state index contributed by atoms with van der Waals surface area (Å²) in [6.45, 7) is 3.68. The van der Waals surface area contributed by atoms with Crippen molar-refractivity contribution >= 4 is 23.4 Å². The molecule has 1 atom stereocenters. The number of benzene rings is 1. The van der Waals surface area contributed by atoms with Crippen LogP contribution in [0.3, 0.4) is 0 Å². The Kier molecular flexibility index (Phi) is 6.41. The van der Waals surface area contributed by atoms with E-state index in [9.17, 15) is 9.59 Å². The van der Waals surface area contributed by atoms with Gasteiger partial charge < -0.3 is 14.2 Å². The van der Waals surface area contributed by atoms with Gasteiger partial charge in [0.15, 0.2) is 4.80 Å². The van der Waals surface area contributed by atoms with Crippen molar-refractivity contribution < 1.29 is 19.0 Å². The number of rotatable bonds is 6. The standard InChI is InChI=1S/C24H23N3O5S/c1-5-32-23(29)20-14(2)26-24-27(21(20)17-7-6-16(30-3)13-18(17)31-4)22(28)19(33-24)12-15-8-10-25-11-9-15/h6-13,21H,5H2,1-4H3/b19-12-/t21-/m1/s1. The minimum atomic E-state index is -0.763. The molecule has 0 saturated carbocycles. The zero-order valence-electron chi connectivity index (χ0n) is 18.7. The topological polar surface area (TPSA) is 92.0 Å². The second-order valence-electron chi connectivity index (χ2n) is 7.19. The summed E-state index contributed by atoms with van der Waals surface area (Å²) < 4.78 is 18.3. The molecule has 0 fully saturated rings. The number of allylic oxidation sites excluding steroid dienone is 1. The zero-order valence-corrected chi connectivity index (χ0v) is 19.5. The number of hydrogen-bond acceptors (Lipinski definition) is 8. The SMILES string of the molecule is CCOC(=O)C1=C(C)N=c2s/c(=C\c3ccncc3)c(=O)n2[C@@H]1c1ccc(OC)cc1OC. The van der Waals surface area contributed by atoms with Gasteiger partial charge >= 0.3 is 5.97 Å². The highest BCUT2D eigenvalue weighted by atomic mass is 32.1. The largest absolute Gasteiger partial charge is 0.497 e. The number of nitrogens with zero attached hydrogens (tertiary/aromatic N) is 3. The molecule has 1 aliphatic rings. The highest BCUT2D eigenvalue weighted by Gasteiger charge is 2.35. The maximum atomic E-state index is 13.6. The van der Waals surface area contributed by atoms with Crippen molar-refractivity contribution in [3.05, 3.63) is 84.8 Å². The fourth-order valence-corrected chi connectivity index (χ4v) is 4.79. The Labute approximate surface area is 194 Å². The summed E-state index contributed by atoms with van der Waals surface area (Å²) in [4.78, 5) is 35.7. The lowest BCUT2D eigenvalue weighted by Gasteiger charge is -2.26. The molecule has 0 saturated heterocycles. The Morgan fingerprint density at radius 1 is 1.18 bits per heavy atom. The first-order valence-corrected chi connectivity index (χ1v) is 11.1. The fraction of sp³-hybridized carbons (Fsp3) is 0.250. The smallest absolute Gasteiger partial charge is 0.338 e. The van der Waals surface area contributed by atoms with Gasteiger partial charge in [-0.15, -0.1) is 0 Å². The summed E-state index contributed by atoms with van der Waals surface area (Å²) in [6.07, 6.45) is 5.12. The number of carbonyl (C=O) groups excluding carboxylic acids is 1. The summed E-state index contributed by atoms with van der Waals surface area (Å²) >= 11 is 1.26. The molecule has 2 aromatic heterocycles. The van der Waals surface area contributed by atoms with E-state index < -0.39 is 12.0 Å². The van der Waals surface area contributed by atoms with Gasteiger partial charge in [0.2, 0.25) is 0 Å². The van der Waals surface area contributed by atoms with Crippen LogP contribution in [0.2, 0.25) is 0 Å². The number of carbonyl (C=O) groups is 1. The molecular formula is C24H23N3O5S. The van der Waals surface area contributed by atoms with Crippen molar-refractivity contribution in [2.75, 3.05) is 20.8 Å². The third kappa shape index (κ3) is 4.19. The lowest BCUT2D eigenvalue weighted by atomic mass is 9.95. The average molecular weight is 466 g/mol. The van der Waals surface area contributed by atoms with Gasteiger partial charge in [-0.25, -0.2) is 9.79 Å². The van der Waals surface area contributed by atoms with Crippen molar-refractivity contribution in [3.8, 4) is 11.5 Å². The second kappa shape index (κ2) is 9.41. The molecule has 1 aromatic carbocycles. The Bertz CT molecular complexity index is 1410. The molecule has 9 heteroatoms. The quantitative estimate of drug-likeness (QED) is 0.519. The van der Waals surface area contributed by atoms with E-state index in [1.165, 1.54) is 23.0 Å². The molecule has 0 unspecified atom stereocenters. The molecule has 0 radical (unpaired) electrons. The summed E-state index contributed by atoms with van der Waals surface area (Å²) in [5.41, 5.74) is 2.01. The van der Waals surface area contributed by atoms with E-state index in [0.29, 0.717) is 37.7 Å². The average Bonchev–Trinajstić information content (AvgIpc) is 3.12. The molecule has 170 valence electrons. The third-order valence-electron chi connectivity index (χ3n) is 5.26. The molecule has 0 bridgehead atoms. The predicted octanol–water partition coefficient (Wildman–Crippen LogP) is 2.21.